The molecule has 1 amide bonds. The Balaban J connectivity index is 1.32. The van der Waals surface area contributed by atoms with Gasteiger partial charge in [0.25, 0.3) is 0 Å². The third kappa shape index (κ3) is 3.12. The molecule has 2 aliphatic heterocycles. The second-order valence-corrected chi connectivity index (χ2v) is 6.35. The van der Waals surface area contributed by atoms with E-state index in [2.05, 4.69) is 20.1 Å². The first-order valence-electron chi connectivity index (χ1n) is 8.35. The lowest BCUT2D eigenvalue weighted by atomic mass is 9.95. The Morgan fingerprint density at radius 3 is 2.88 bits per heavy atom. The molecular formula is C17H21N5O2. The smallest absolute Gasteiger partial charge is 0.229 e. The fraction of sp³-hybridized carbons (Fsp3) is 0.471. The monoisotopic (exact) mass is 327 g/mol. The van der Waals surface area contributed by atoms with Gasteiger partial charge in [-0.05, 0) is 18.1 Å². The van der Waals surface area contributed by atoms with Gasteiger partial charge in [0.1, 0.15) is 24.5 Å². The zero-order chi connectivity index (χ0) is 16.4. The summed E-state index contributed by atoms with van der Waals surface area (Å²) in [5.74, 6) is 1.93. The molecule has 3 heterocycles. The Kier molecular flexibility index (Phi) is 4.17. The number of nitrogens with zero attached hydrogens (tertiary/aromatic N) is 4. The summed E-state index contributed by atoms with van der Waals surface area (Å²) in [6.45, 7) is 4.46. The number of hydrogen-bond acceptors (Lipinski definition) is 5. The minimum atomic E-state index is -0.0688. The van der Waals surface area contributed by atoms with Crippen molar-refractivity contribution in [1.82, 2.24) is 25.0 Å². The van der Waals surface area contributed by atoms with Gasteiger partial charge in [0, 0.05) is 26.2 Å². The number of H-pyrrole nitrogens is 1. The standard InChI is InChI=1S/C17H21N5O2/c23-17(14-9-13-3-1-2-4-15(13)24-11-14)22-7-5-21(6-8-22)10-16-18-12-19-20-16/h1-4,12,14H,5-11H2,(H,18,19,20). The zero-order valence-corrected chi connectivity index (χ0v) is 13.5. The first kappa shape index (κ1) is 15.1. The van der Waals surface area contributed by atoms with E-state index in [-0.39, 0.29) is 11.8 Å². The van der Waals surface area contributed by atoms with Crippen LogP contribution in [0.3, 0.4) is 0 Å². The van der Waals surface area contributed by atoms with Gasteiger partial charge in [0.2, 0.25) is 5.91 Å². The number of hydrogen-bond donors (Lipinski definition) is 1. The maximum atomic E-state index is 12.8. The number of ether oxygens (including phenoxy) is 1. The van der Waals surface area contributed by atoms with E-state index >= 15 is 0 Å². The summed E-state index contributed by atoms with van der Waals surface area (Å²) in [5.41, 5.74) is 1.13. The van der Waals surface area contributed by atoms with E-state index in [4.69, 9.17) is 4.74 Å². The molecule has 126 valence electrons. The minimum absolute atomic E-state index is 0.0688. The molecule has 1 aromatic heterocycles. The van der Waals surface area contributed by atoms with Crippen LogP contribution in [-0.4, -0.2) is 63.7 Å². The minimum Gasteiger partial charge on any atom is -0.492 e. The predicted molar refractivity (Wildman–Crippen MR) is 87.4 cm³/mol. The Morgan fingerprint density at radius 2 is 2.08 bits per heavy atom. The van der Waals surface area contributed by atoms with Gasteiger partial charge < -0.3 is 9.64 Å². The molecule has 7 heteroatoms. The normalized spacial score (nSPS) is 21.2. The molecule has 0 bridgehead atoms. The molecule has 0 radical (unpaired) electrons. The summed E-state index contributed by atoms with van der Waals surface area (Å²) in [6, 6.07) is 7.98. The van der Waals surface area contributed by atoms with E-state index < -0.39 is 0 Å². The summed E-state index contributed by atoms with van der Waals surface area (Å²) >= 11 is 0. The third-order valence-corrected chi connectivity index (χ3v) is 4.75. The quantitative estimate of drug-likeness (QED) is 0.898. The van der Waals surface area contributed by atoms with Gasteiger partial charge in [-0.2, -0.15) is 5.10 Å². The number of amides is 1. The molecule has 0 aliphatic carbocycles. The van der Waals surface area contributed by atoms with Crippen molar-refractivity contribution in [3.63, 3.8) is 0 Å². The van der Waals surface area contributed by atoms with Gasteiger partial charge in [-0.15, -0.1) is 0 Å². The van der Waals surface area contributed by atoms with Crippen LogP contribution in [0, 0.1) is 5.92 Å². The van der Waals surface area contributed by atoms with Crippen molar-refractivity contribution in [2.24, 2.45) is 5.92 Å². The molecule has 1 unspecified atom stereocenters. The van der Waals surface area contributed by atoms with E-state index in [1.54, 1.807) is 0 Å². The molecule has 1 atom stereocenters. The largest absolute Gasteiger partial charge is 0.492 e. The highest BCUT2D eigenvalue weighted by atomic mass is 16.5. The maximum Gasteiger partial charge on any atom is 0.229 e. The molecule has 1 aromatic carbocycles. The zero-order valence-electron chi connectivity index (χ0n) is 13.5. The van der Waals surface area contributed by atoms with Crippen molar-refractivity contribution in [1.29, 1.82) is 0 Å². The van der Waals surface area contributed by atoms with Crippen molar-refractivity contribution < 1.29 is 9.53 Å². The van der Waals surface area contributed by atoms with Crippen molar-refractivity contribution in [2.75, 3.05) is 32.8 Å². The molecule has 0 spiro atoms. The number of aromatic nitrogens is 3. The highest BCUT2D eigenvalue weighted by molar-refractivity contribution is 5.80. The number of rotatable bonds is 3. The molecular weight excluding hydrogens is 306 g/mol. The summed E-state index contributed by atoms with van der Waals surface area (Å²) in [6.07, 6.45) is 2.29. The Bertz CT molecular complexity index is 695. The van der Waals surface area contributed by atoms with Crippen LogP contribution in [0.25, 0.3) is 0 Å². The summed E-state index contributed by atoms with van der Waals surface area (Å²) < 4.78 is 5.76. The highest BCUT2D eigenvalue weighted by Gasteiger charge is 2.31. The predicted octanol–water partition coefficient (Wildman–Crippen LogP) is 0.700. The van der Waals surface area contributed by atoms with E-state index in [1.807, 2.05) is 29.2 Å². The number of aromatic amines is 1. The summed E-state index contributed by atoms with van der Waals surface area (Å²) in [4.78, 5) is 21.2. The summed E-state index contributed by atoms with van der Waals surface area (Å²) in [5, 5.41) is 6.75. The number of piperazine rings is 1. The van der Waals surface area contributed by atoms with Crippen LogP contribution in [0.15, 0.2) is 30.6 Å². The first-order chi connectivity index (χ1) is 11.8. The average molecular weight is 327 g/mol. The van der Waals surface area contributed by atoms with Crippen molar-refractivity contribution in [2.45, 2.75) is 13.0 Å². The fourth-order valence-corrected chi connectivity index (χ4v) is 3.39. The van der Waals surface area contributed by atoms with Gasteiger partial charge in [-0.3, -0.25) is 14.8 Å². The van der Waals surface area contributed by atoms with Gasteiger partial charge in [0.05, 0.1) is 12.5 Å². The van der Waals surface area contributed by atoms with Crippen LogP contribution < -0.4 is 4.74 Å². The topological polar surface area (TPSA) is 74.3 Å². The number of carbonyl (C=O) groups is 1. The van der Waals surface area contributed by atoms with Gasteiger partial charge in [-0.25, -0.2) is 4.98 Å². The molecule has 0 saturated carbocycles. The lowest BCUT2D eigenvalue weighted by Crippen LogP contribution is -2.51. The maximum absolute atomic E-state index is 12.8. The number of nitrogens with one attached hydrogen (secondary N) is 1. The molecule has 2 aromatic rings. The van der Waals surface area contributed by atoms with E-state index in [0.717, 1.165) is 56.3 Å². The lowest BCUT2D eigenvalue weighted by molar-refractivity contribution is -0.138. The van der Waals surface area contributed by atoms with E-state index in [1.165, 1.54) is 6.33 Å². The number of fused-ring (bicyclic) bond motifs is 1. The lowest BCUT2D eigenvalue weighted by Gasteiger charge is -2.37. The number of carbonyl (C=O) groups excluding carboxylic acids is 1. The molecule has 7 nitrogen and oxygen atoms in total. The molecule has 2 aliphatic rings. The first-order valence-corrected chi connectivity index (χ1v) is 8.35. The highest BCUT2D eigenvalue weighted by Crippen LogP contribution is 2.27. The van der Waals surface area contributed by atoms with E-state index in [0.29, 0.717) is 6.61 Å². The molecule has 1 N–H and O–H groups in total. The van der Waals surface area contributed by atoms with Gasteiger partial charge in [-0.1, -0.05) is 18.2 Å². The second kappa shape index (κ2) is 6.60. The SMILES string of the molecule is O=C(C1COc2ccccc2C1)N1CCN(Cc2ncn[nH]2)CC1. The van der Waals surface area contributed by atoms with Crippen LogP contribution >= 0.6 is 0 Å². The van der Waals surface area contributed by atoms with Gasteiger partial charge >= 0.3 is 0 Å². The Morgan fingerprint density at radius 1 is 1.25 bits per heavy atom. The fourth-order valence-electron chi connectivity index (χ4n) is 3.39. The molecule has 24 heavy (non-hydrogen) atoms. The summed E-state index contributed by atoms with van der Waals surface area (Å²) in [7, 11) is 0. The average Bonchev–Trinajstić information content (AvgIpc) is 3.14. The Hall–Kier alpha value is -2.41. The molecule has 1 fully saturated rings. The molecule has 4 rings (SSSR count). The third-order valence-electron chi connectivity index (χ3n) is 4.75. The Labute approximate surface area is 140 Å². The van der Waals surface area contributed by atoms with Crippen LogP contribution in [0.1, 0.15) is 11.4 Å². The van der Waals surface area contributed by atoms with Gasteiger partial charge in [0.15, 0.2) is 0 Å². The van der Waals surface area contributed by atoms with Crippen LogP contribution in [-0.2, 0) is 17.8 Å². The van der Waals surface area contributed by atoms with Crippen molar-refractivity contribution in [3.05, 3.63) is 42.0 Å². The van der Waals surface area contributed by atoms with Crippen LogP contribution in [0.4, 0.5) is 0 Å². The van der Waals surface area contributed by atoms with Crippen LogP contribution in [0.2, 0.25) is 0 Å². The molecule has 1 saturated heterocycles. The number of para-hydroxylation sites is 1. The second-order valence-electron chi connectivity index (χ2n) is 6.35. The van der Waals surface area contributed by atoms with Crippen molar-refractivity contribution >= 4 is 5.91 Å². The number of benzene rings is 1. The van der Waals surface area contributed by atoms with Crippen molar-refractivity contribution in [3.8, 4) is 5.75 Å². The van der Waals surface area contributed by atoms with E-state index in [9.17, 15) is 4.79 Å². The van der Waals surface area contributed by atoms with Crippen LogP contribution in [0.5, 0.6) is 5.75 Å².